The maximum atomic E-state index is 11.0. The zero-order valence-corrected chi connectivity index (χ0v) is 10.1. The Kier molecular flexibility index (Phi) is 8.10. The van der Waals surface area contributed by atoms with Crippen LogP contribution in [0.4, 0.5) is 0 Å². The number of ether oxygens (including phenoxy) is 1. The number of hydrogen-bond donors (Lipinski definition) is 1. The predicted molar refractivity (Wildman–Crippen MR) is 47.3 cm³/mol. The van der Waals surface area contributed by atoms with Gasteiger partial charge in [0.15, 0.2) is 0 Å². The predicted octanol–water partition coefficient (Wildman–Crippen LogP) is 1.58. The van der Waals surface area contributed by atoms with Crippen molar-refractivity contribution >= 4 is 11.9 Å². The van der Waals surface area contributed by atoms with Crippen molar-refractivity contribution in [2.45, 2.75) is 45.6 Å². The molecule has 0 spiro atoms. The SMILES string of the molecule is CC(C)(C)OC(=O)CCCC(=O)O.[Ag]. The molecular formula is C9H16AgO4. The Morgan fingerprint density at radius 1 is 1.21 bits per heavy atom. The molecule has 0 saturated heterocycles. The average Bonchev–Trinajstić information content (AvgIpc) is 1.81. The molecule has 0 rings (SSSR count). The summed E-state index contributed by atoms with van der Waals surface area (Å²) < 4.78 is 4.99. The minimum atomic E-state index is -0.886. The number of carboxylic acid groups (broad SMARTS) is 1. The number of rotatable bonds is 4. The Morgan fingerprint density at radius 3 is 2.07 bits per heavy atom. The smallest absolute Gasteiger partial charge is 0.306 e. The molecule has 0 amide bonds. The van der Waals surface area contributed by atoms with Crippen LogP contribution in [0.1, 0.15) is 40.0 Å². The van der Waals surface area contributed by atoms with E-state index in [1.165, 1.54) is 0 Å². The minimum absolute atomic E-state index is 0. The van der Waals surface area contributed by atoms with Crippen LogP contribution in [-0.2, 0) is 36.7 Å². The summed E-state index contributed by atoms with van der Waals surface area (Å²) in [6.07, 6.45) is 0.521. The van der Waals surface area contributed by atoms with Crippen LogP contribution in [0.3, 0.4) is 0 Å². The Balaban J connectivity index is 0. The standard InChI is InChI=1S/C9H16O4.Ag/c1-9(2,3)13-8(12)6-4-5-7(10)11;/h4-6H2,1-3H3,(H,10,11);. The van der Waals surface area contributed by atoms with E-state index >= 15 is 0 Å². The largest absolute Gasteiger partial charge is 0.481 e. The number of esters is 1. The van der Waals surface area contributed by atoms with E-state index in [1.807, 2.05) is 0 Å². The molecule has 0 bridgehead atoms. The summed E-state index contributed by atoms with van der Waals surface area (Å²) in [4.78, 5) is 21.1. The second kappa shape index (κ2) is 7.04. The van der Waals surface area contributed by atoms with E-state index in [2.05, 4.69) is 0 Å². The van der Waals surface area contributed by atoms with Gasteiger partial charge in [-0.3, -0.25) is 9.59 Å². The summed E-state index contributed by atoms with van der Waals surface area (Å²) in [7, 11) is 0. The molecule has 0 atom stereocenters. The molecule has 0 aliphatic rings. The Bertz CT molecular complexity index is 195. The van der Waals surface area contributed by atoms with Gasteiger partial charge in [0.1, 0.15) is 5.60 Å². The van der Waals surface area contributed by atoms with Gasteiger partial charge in [-0.25, -0.2) is 0 Å². The van der Waals surface area contributed by atoms with Crippen LogP contribution in [0.15, 0.2) is 0 Å². The molecule has 0 heterocycles. The summed E-state index contributed by atoms with van der Waals surface area (Å²) in [5, 5.41) is 8.31. The second-order valence-electron chi connectivity index (χ2n) is 3.83. The fourth-order valence-corrected chi connectivity index (χ4v) is 0.776. The van der Waals surface area contributed by atoms with Crippen LogP contribution in [0.2, 0.25) is 0 Å². The topological polar surface area (TPSA) is 63.6 Å². The van der Waals surface area contributed by atoms with Crippen molar-refractivity contribution in [3.8, 4) is 0 Å². The Morgan fingerprint density at radius 2 is 1.71 bits per heavy atom. The molecule has 0 aliphatic heterocycles. The number of aliphatic carboxylic acids is 1. The number of carbonyl (C=O) groups excluding carboxylic acids is 1. The minimum Gasteiger partial charge on any atom is -0.481 e. The average molecular weight is 296 g/mol. The van der Waals surface area contributed by atoms with Crippen LogP contribution in [-0.4, -0.2) is 22.6 Å². The molecule has 0 aromatic carbocycles. The molecule has 0 aromatic heterocycles. The summed E-state index contributed by atoms with van der Waals surface area (Å²) in [6.45, 7) is 5.34. The van der Waals surface area contributed by atoms with E-state index in [-0.39, 0.29) is 41.2 Å². The van der Waals surface area contributed by atoms with Gasteiger partial charge in [-0.2, -0.15) is 0 Å². The molecule has 5 heteroatoms. The summed E-state index contributed by atoms with van der Waals surface area (Å²) in [5.41, 5.74) is -0.486. The zero-order chi connectivity index (χ0) is 10.5. The molecule has 1 radical (unpaired) electrons. The van der Waals surface area contributed by atoms with Gasteiger partial charge in [0.05, 0.1) is 0 Å². The molecule has 0 aliphatic carbocycles. The summed E-state index contributed by atoms with van der Waals surface area (Å²) in [6, 6.07) is 0. The van der Waals surface area contributed by atoms with E-state index in [0.29, 0.717) is 6.42 Å². The van der Waals surface area contributed by atoms with Gasteiger partial charge < -0.3 is 9.84 Å². The Labute approximate surface area is 99.5 Å². The van der Waals surface area contributed by atoms with Crippen molar-refractivity contribution in [2.24, 2.45) is 0 Å². The van der Waals surface area contributed by atoms with Crippen LogP contribution in [0.5, 0.6) is 0 Å². The molecule has 87 valence electrons. The van der Waals surface area contributed by atoms with Crippen molar-refractivity contribution in [1.82, 2.24) is 0 Å². The van der Waals surface area contributed by atoms with Gasteiger partial charge in [-0.1, -0.05) is 0 Å². The van der Waals surface area contributed by atoms with E-state index in [0.717, 1.165) is 0 Å². The monoisotopic (exact) mass is 295 g/mol. The zero-order valence-electron chi connectivity index (χ0n) is 8.59. The molecule has 0 unspecified atom stereocenters. The molecule has 4 nitrogen and oxygen atoms in total. The molecule has 0 fully saturated rings. The number of carboxylic acids is 1. The van der Waals surface area contributed by atoms with E-state index in [4.69, 9.17) is 9.84 Å². The van der Waals surface area contributed by atoms with Gasteiger partial charge in [0, 0.05) is 35.2 Å². The van der Waals surface area contributed by atoms with Crippen molar-refractivity contribution < 1.29 is 41.8 Å². The van der Waals surface area contributed by atoms with Gasteiger partial charge in [-0.05, 0) is 27.2 Å². The number of carbonyl (C=O) groups is 2. The first kappa shape index (κ1) is 16.1. The normalized spacial score (nSPS) is 10.2. The first-order chi connectivity index (χ1) is 5.81. The van der Waals surface area contributed by atoms with Crippen molar-refractivity contribution in [3.05, 3.63) is 0 Å². The fraction of sp³-hybridized carbons (Fsp3) is 0.778. The fourth-order valence-electron chi connectivity index (χ4n) is 0.776. The van der Waals surface area contributed by atoms with Crippen LogP contribution in [0, 0.1) is 0 Å². The third-order valence-electron chi connectivity index (χ3n) is 1.19. The van der Waals surface area contributed by atoms with E-state index in [1.54, 1.807) is 20.8 Å². The van der Waals surface area contributed by atoms with Gasteiger partial charge in [-0.15, -0.1) is 0 Å². The molecule has 14 heavy (non-hydrogen) atoms. The van der Waals surface area contributed by atoms with Gasteiger partial charge in [0.2, 0.25) is 0 Å². The maximum Gasteiger partial charge on any atom is 0.306 e. The summed E-state index contributed by atoms with van der Waals surface area (Å²) in [5.74, 6) is -1.22. The van der Waals surface area contributed by atoms with Crippen molar-refractivity contribution in [1.29, 1.82) is 0 Å². The molecule has 1 N–H and O–H groups in total. The van der Waals surface area contributed by atoms with Crippen LogP contribution in [0.25, 0.3) is 0 Å². The summed E-state index contributed by atoms with van der Waals surface area (Å²) >= 11 is 0. The van der Waals surface area contributed by atoms with Gasteiger partial charge >= 0.3 is 11.9 Å². The second-order valence-corrected chi connectivity index (χ2v) is 3.83. The quantitative estimate of drug-likeness (QED) is 0.632. The van der Waals surface area contributed by atoms with Crippen molar-refractivity contribution in [2.75, 3.05) is 0 Å². The van der Waals surface area contributed by atoms with Crippen LogP contribution >= 0.6 is 0 Å². The van der Waals surface area contributed by atoms with Crippen molar-refractivity contribution in [3.63, 3.8) is 0 Å². The third-order valence-corrected chi connectivity index (χ3v) is 1.19. The van der Waals surface area contributed by atoms with Gasteiger partial charge in [0.25, 0.3) is 0 Å². The first-order valence-corrected chi connectivity index (χ1v) is 4.25. The third kappa shape index (κ3) is 11.7. The van der Waals surface area contributed by atoms with E-state index in [9.17, 15) is 9.59 Å². The molecule has 0 saturated carbocycles. The first-order valence-electron chi connectivity index (χ1n) is 4.25. The maximum absolute atomic E-state index is 11.0. The molecule has 0 aromatic rings. The van der Waals surface area contributed by atoms with E-state index < -0.39 is 11.6 Å². The Hall–Kier alpha value is -0.320. The van der Waals surface area contributed by atoms with Crippen LogP contribution < -0.4 is 0 Å². The molecular weight excluding hydrogens is 280 g/mol. The number of hydrogen-bond acceptors (Lipinski definition) is 3.